The highest BCUT2D eigenvalue weighted by Gasteiger charge is 2.20. The summed E-state index contributed by atoms with van der Waals surface area (Å²) in [5.74, 6) is -0.121. The average molecular weight is 378 g/mol. The lowest BCUT2D eigenvalue weighted by atomic mass is 10.1. The summed E-state index contributed by atoms with van der Waals surface area (Å²) >= 11 is 1.26. The predicted molar refractivity (Wildman–Crippen MR) is 104 cm³/mol. The molecular formula is C18H26N4O3S. The van der Waals surface area contributed by atoms with Gasteiger partial charge in [0.05, 0.1) is 5.25 Å². The first-order valence-corrected chi connectivity index (χ1v) is 9.41. The molecule has 1 heterocycles. The number of aryl methyl sites for hydroxylation is 3. The number of ether oxygens (including phenoxy) is 1. The number of carbonyl (C=O) groups is 1. The summed E-state index contributed by atoms with van der Waals surface area (Å²) in [5, 5.41) is 9.59. The maximum Gasteiger partial charge on any atom is 0.343 e. The van der Waals surface area contributed by atoms with Crippen LogP contribution in [-0.4, -0.2) is 39.6 Å². The Bertz CT molecular complexity index is 805. The van der Waals surface area contributed by atoms with Crippen molar-refractivity contribution in [1.29, 1.82) is 0 Å². The summed E-state index contributed by atoms with van der Waals surface area (Å²) in [5.41, 5.74) is 3.79. The Morgan fingerprint density at radius 1 is 1.35 bits per heavy atom. The number of hydrogen-bond acceptors (Lipinski definition) is 5. The van der Waals surface area contributed by atoms with E-state index < -0.39 is 5.25 Å². The van der Waals surface area contributed by atoms with E-state index in [1.807, 2.05) is 32.9 Å². The highest BCUT2D eigenvalue weighted by Crippen LogP contribution is 2.25. The molecule has 8 heteroatoms. The van der Waals surface area contributed by atoms with Crippen LogP contribution in [0, 0.1) is 20.8 Å². The highest BCUT2D eigenvalue weighted by molar-refractivity contribution is 8.00. The largest absolute Gasteiger partial charge is 0.385 e. The molecule has 2 aromatic rings. The van der Waals surface area contributed by atoms with Gasteiger partial charge in [-0.15, -0.1) is 5.10 Å². The molecule has 142 valence electrons. The average Bonchev–Trinajstić information content (AvgIpc) is 2.91. The highest BCUT2D eigenvalue weighted by atomic mass is 32.2. The summed E-state index contributed by atoms with van der Waals surface area (Å²) in [7, 11) is 1.62. The molecule has 1 amide bonds. The van der Waals surface area contributed by atoms with Crippen molar-refractivity contribution >= 4 is 23.4 Å². The molecule has 0 aliphatic heterocycles. The number of amides is 1. The molecule has 1 aromatic carbocycles. The van der Waals surface area contributed by atoms with Crippen molar-refractivity contribution in [3.05, 3.63) is 39.3 Å². The molecule has 0 radical (unpaired) electrons. The molecule has 0 spiro atoms. The lowest BCUT2D eigenvalue weighted by Gasteiger charge is -2.16. The molecule has 1 aromatic heterocycles. The third kappa shape index (κ3) is 4.98. The minimum Gasteiger partial charge on any atom is -0.385 e. The zero-order valence-electron chi connectivity index (χ0n) is 15.9. The van der Waals surface area contributed by atoms with Crippen LogP contribution < -0.4 is 11.0 Å². The number of methoxy groups -OCH3 is 1. The Hall–Kier alpha value is -2.06. The van der Waals surface area contributed by atoms with E-state index in [4.69, 9.17) is 4.74 Å². The number of nitrogens with one attached hydrogen (secondary N) is 2. The topological polar surface area (TPSA) is 89.0 Å². The Morgan fingerprint density at radius 2 is 2.00 bits per heavy atom. The summed E-state index contributed by atoms with van der Waals surface area (Å²) in [4.78, 5) is 24.5. The smallest absolute Gasteiger partial charge is 0.343 e. The monoisotopic (exact) mass is 378 g/mol. The summed E-state index contributed by atoms with van der Waals surface area (Å²) in [6, 6.07) is 4.09. The summed E-state index contributed by atoms with van der Waals surface area (Å²) in [6.45, 7) is 8.85. The molecule has 1 atom stereocenters. The Morgan fingerprint density at radius 3 is 2.62 bits per heavy atom. The predicted octanol–water partition coefficient (Wildman–Crippen LogP) is 2.65. The number of nitrogens with zero attached hydrogens (tertiary/aromatic N) is 2. The van der Waals surface area contributed by atoms with E-state index in [-0.39, 0.29) is 11.6 Å². The van der Waals surface area contributed by atoms with Crippen LogP contribution in [0.1, 0.15) is 30.0 Å². The van der Waals surface area contributed by atoms with Crippen LogP contribution in [-0.2, 0) is 16.1 Å². The molecule has 0 aliphatic carbocycles. The van der Waals surface area contributed by atoms with Crippen LogP contribution in [0.5, 0.6) is 0 Å². The van der Waals surface area contributed by atoms with Crippen molar-refractivity contribution in [3.63, 3.8) is 0 Å². The van der Waals surface area contributed by atoms with Crippen LogP contribution in [0.4, 0.5) is 5.69 Å². The number of thioether (sulfide) groups is 1. The van der Waals surface area contributed by atoms with E-state index in [2.05, 4.69) is 15.5 Å². The molecule has 26 heavy (non-hydrogen) atoms. The number of aromatic nitrogens is 3. The minimum absolute atomic E-state index is 0.121. The van der Waals surface area contributed by atoms with Crippen LogP contribution in [0.2, 0.25) is 0 Å². The van der Waals surface area contributed by atoms with Crippen molar-refractivity contribution < 1.29 is 9.53 Å². The van der Waals surface area contributed by atoms with E-state index in [9.17, 15) is 9.59 Å². The number of anilines is 1. The molecule has 1 unspecified atom stereocenters. The quantitative estimate of drug-likeness (QED) is 0.544. The molecule has 0 aliphatic rings. The number of rotatable bonds is 8. The number of benzene rings is 1. The van der Waals surface area contributed by atoms with Gasteiger partial charge < -0.3 is 10.1 Å². The van der Waals surface area contributed by atoms with E-state index in [0.717, 1.165) is 22.4 Å². The molecular weight excluding hydrogens is 352 g/mol. The van der Waals surface area contributed by atoms with E-state index in [1.165, 1.54) is 16.3 Å². The number of aromatic amines is 1. The summed E-state index contributed by atoms with van der Waals surface area (Å²) < 4.78 is 6.56. The van der Waals surface area contributed by atoms with Crippen LogP contribution in [0.3, 0.4) is 0 Å². The molecule has 7 nitrogen and oxygen atoms in total. The zero-order chi connectivity index (χ0) is 19.3. The van der Waals surface area contributed by atoms with Crippen molar-refractivity contribution in [1.82, 2.24) is 14.8 Å². The first kappa shape index (κ1) is 20.3. The molecule has 2 rings (SSSR count). The number of hydrogen-bond donors (Lipinski definition) is 2. The lowest BCUT2D eigenvalue weighted by Crippen LogP contribution is -2.25. The maximum atomic E-state index is 12.6. The van der Waals surface area contributed by atoms with Gasteiger partial charge >= 0.3 is 5.69 Å². The molecule has 0 saturated heterocycles. The van der Waals surface area contributed by atoms with Crippen molar-refractivity contribution in [2.24, 2.45) is 0 Å². The fourth-order valence-corrected chi connectivity index (χ4v) is 3.65. The molecule has 2 N–H and O–H groups in total. The number of H-pyrrole nitrogens is 1. The van der Waals surface area contributed by atoms with Gasteiger partial charge in [0.2, 0.25) is 5.91 Å². The van der Waals surface area contributed by atoms with Gasteiger partial charge in [0, 0.05) is 25.9 Å². The second kappa shape index (κ2) is 9.05. The van der Waals surface area contributed by atoms with Crippen molar-refractivity contribution in [3.8, 4) is 0 Å². The normalized spacial score (nSPS) is 12.2. The second-order valence-corrected chi connectivity index (χ2v) is 7.64. The first-order valence-electron chi connectivity index (χ1n) is 8.53. The molecule has 0 saturated carbocycles. The van der Waals surface area contributed by atoms with Crippen LogP contribution in [0.15, 0.2) is 22.1 Å². The van der Waals surface area contributed by atoms with Gasteiger partial charge in [-0.05, 0) is 45.2 Å². The van der Waals surface area contributed by atoms with Gasteiger partial charge in [-0.1, -0.05) is 29.5 Å². The van der Waals surface area contributed by atoms with Gasteiger partial charge in [-0.25, -0.2) is 9.89 Å². The van der Waals surface area contributed by atoms with E-state index in [0.29, 0.717) is 24.7 Å². The minimum atomic E-state index is -0.397. The van der Waals surface area contributed by atoms with Crippen molar-refractivity contribution in [2.45, 2.75) is 51.1 Å². The van der Waals surface area contributed by atoms with E-state index in [1.54, 1.807) is 14.0 Å². The fraction of sp³-hybridized carbons (Fsp3) is 0.500. The van der Waals surface area contributed by atoms with Gasteiger partial charge in [0.1, 0.15) is 0 Å². The van der Waals surface area contributed by atoms with Gasteiger partial charge in [0.25, 0.3) is 0 Å². The molecule has 0 fully saturated rings. The third-order valence-electron chi connectivity index (χ3n) is 4.03. The SMILES string of the molecule is COCCCn1c(SC(C)C(=O)Nc2c(C)cc(C)cc2C)n[nH]c1=O. The maximum absolute atomic E-state index is 12.6. The number of carbonyl (C=O) groups excluding carboxylic acids is 1. The third-order valence-corrected chi connectivity index (χ3v) is 5.12. The molecule has 0 bridgehead atoms. The Balaban J connectivity index is 2.07. The zero-order valence-corrected chi connectivity index (χ0v) is 16.7. The second-order valence-electron chi connectivity index (χ2n) is 6.33. The van der Waals surface area contributed by atoms with Crippen molar-refractivity contribution in [2.75, 3.05) is 19.0 Å². The van der Waals surface area contributed by atoms with Crippen LogP contribution >= 0.6 is 11.8 Å². The first-order chi connectivity index (χ1) is 12.3. The van der Waals surface area contributed by atoms with Crippen LogP contribution in [0.25, 0.3) is 0 Å². The van der Waals surface area contributed by atoms with Gasteiger partial charge in [0.15, 0.2) is 5.16 Å². The van der Waals surface area contributed by atoms with Gasteiger partial charge in [-0.2, -0.15) is 0 Å². The van der Waals surface area contributed by atoms with Gasteiger partial charge in [-0.3, -0.25) is 9.36 Å². The Kier molecular flexibility index (Phi) is 7.05. The summed E-state index contributed by atoms with van der Waals surface area (Å²) in [6.07, 6.45) is 0.700. The fourth-order valence-electron chi connectivity index (χ4n) is 2.77. The van der Waals surface area contributed by atoms with E-state index >= 15 is 0 Å². The Labute approximate surface area is 157 Å². The standard InChI is InChI=1S/C18H26N4O3S/c1-11-9-12(2)15(13(3)10-11)19-16(23)14(4)26-18-21-20-17(24)22(18)7-6-8-25-5/h9-10,14H,6-8H2,1-5H3,(H,19,23)(H,20,24). The lowest BCUT2D eigenvalue weighted by molar-refractivity contribution is -0.115.